The van der Waals surface area contributed by atoms with Gasteiger partial charge in [-0.15, -0.1) is 0 Å². The summed E-state index contributed by atoms with van der Waals surface area (Å²) in [6.45, 7) is 0.157. The fourth-order valence-electron chi connectivity index (χ4n) is 1.62. The molecule has 0 aliphatic carbocycles. The van der Waals surface area contributed by atoms with Gasteiger partial charge in [0.25, 0.3) is 0 Å². The van der Waals surface area contributed by atoms with Crippen molar-refractivity contribution < 1.29 is 17.2 Å². The number of nitrogens with two attached hydrogens (primary N) is 1. The molecule has 1 heterocycles. The molecule has 20 heavy (non-hydrogen) atoms. The highest BCUT2D eigenvalue weighted by Gasteiger charge is 2.19. The summed E-state index contributed by atoms with van der Waals surface area (Å²) in [7, 11) is -3.80. The van der Waals surface area contributed by atoms with Crippen LogP contribution >= 0.6 is 15.9 Å². The Bertz CT molecular complexity index is 702. The molecule has 0 aliphatic heterocycles. The van der Waals surface area contributed by atoms with Crippen LogP contribution in [0, 0.1) is 5.82 Å². The van der Waals surface area contributed by atoms with E-state index < -0.39 is 15.8 Å². The van der Waals surface area contributed by atoms with E-state index in [4.69, 9.17) is 10.2 Å². The van der Waals surface area contributed by atoms with Crippen LogP contribution in [0.4, 0.5) is 10.1 Å². The zero-order valence-electron chi connectivity index (χ0n) is 10.3. The number of anilines is 1. The molecule has 5 nitrogen and oxygen atoms in total. The third-order valence-electron chi connectivity index (χ3n) is 2.59. The van der Waals surface area contributed by atoms with Gasteiger partial charge in [-0.3, -0.25) is 0 Å². The Labute approximate surface area is 124 Å². The van der Waals surface area contributed by atoms with Crippen LogP contribution < -0.4 is 10.5 Å². The van der Waals surface area contributed by atoms with Crippen molar-refractivity contribution in [3.63, 3.8) is 0 Å². The van der Waals surface area contributed by atoms with E-state index in [2.05, 4.69) is 20.7 Å². The van der Waals surface area contributed by atoms with Gasteiger partial charge in [0.05, 0.1) is 16.4 Å². The summed E-state index contributed by atoms with van der Waals surface area (Å²) in [5.41, 5.74) is 5.40. The summed E-state index contributed by atoms with van der Waals surface area (Å²) in [4.78, 5) is -0.162. The number of hydrogen-bond acceptors (Lipinski definition) is 4. The second-order valence-electron chi connectivity index (χ2n) is 4.03. The Kier molecular flexibility index (Phi) is 4.46. The highest BCUT2D eigenvalue weighted by molar-refractivity contribution is 9.10. The Morgan fingerprint density at radius 1 is 1.40 bits per heavy atom. The van der Waals surface area contributed by atoms with Gasteiger partial charge in [-0.1, -0.05) is 0 Å². The van der Waals surface area contributed by atoms with Gasteiger partial charge in [-0.2, -0.15) is 0 Å². The number of nitrogens with one attached hydrogen (secondary N) is 1. The number of benzene rings is 1. The van der Waals surface area contributed by atoms with Crippen LogP contribution in [0.5, 0.6) is 0 Å². The molecule has 0 radical (unpaired) electrons. The smallest absolute Gasteiger partial charge is 0.242 e. The molecular weight excluding hydrogens is 351 g/mol. The molecule has 1 aromatic carbocycles. The van der Waals surface area contributed by atoms with Crippen molar-refractivity contribution in [2.75, 3.05) is 12.3 Å². The number of furan rings is 1. The van der Waals surface area contributed by atoms with Crippen molar-refractivity contribution in [2.45, 2.75) is 11.3 Å². The second-order valence-corrected chi connectivity index (χ2v) is 6.62. The first-order chi connectivity index (χ1) is 9.40. The summed E-state index contributed by atoms with van der Waals surface area (Å²) < 4.78 is 44.9. The lowest BCUT2D eigenvalue weighted by atomic mass is 10.3. The van der Waals surface area contributed by atoms with Crippen LogP contribution in [0.15, 0.2) is 44.3 Å². The van der Waals surface area contributed by atoms with E-state index in [1.54, 1.807) is 12.1 Å². The highest BCUT2D eigenvalue weighted by atomic mass is 79.9. The van der Waals surface area contributed by atoms with Crippen molar-refractivity contribution in [3.05, 3.63) is 46.6 Å². The van der Waals surface area contributed by atoms with Crippen LogP contribution in [0.25, 0.3) is 0 Å². The molecule has 2 rings (SSSR count). The monoisotopic (exact) mass is 362 g/mol. The molecule has 0 amide bonds. The Balaban J connectivity index is 2.12. The molecule has 0 aliphatic rings. The second kappa shape index (κ2) is 5.94. The molecule has 0 unspecified atom stereocenters. The van der Waals surface area contributed by atoms with Crippen molar-refractivity contribution in [2.24, 2.45) is 0 Å². The SMILES string of the molecule is Nc1cc(F)c(Br)cc1S(=O)(=O)NCCc1ccco1. The molecule has 0 atom stereocenters. The minimum atomic E-state index is -3.80. The predicted molar refractivity (Wildman–Crippen MR) is 76.1 cm³/mol. The van der Waals surface area contributed by atoms with Crippen LogP contribution in [-0.2, 0) is 16.4 Å². The van der Waals surface area contributed by atoms with Crippen LogP contribution in [0.3, 0.4) is 0 Å². The summed E-state index contributed by atoms with van der Waals surface area (Å²) in [5.74, 6) is 0.0537. The van der Waals surface area contributed by atoms with Crippen molar-refractivity contribution >= 4 is 31.6 Å². The van der Waals surface area contributed by atoms with Gasteiger partial charge in [0.15, 0.2) is 0 Å². The average Bonchev–Trinajstić information content (AvgIpc) is 2.86. The van der Waals surface area contributed by atoms with E-state index in [0.29, 0.717) is 12.2 Å². The Morgan fingerprint density at radius 2 is 2.15 bits per heavy atom. The standard InChI is InChI=1S/C12H12BrFN2O3S/c13-9-6-12(11(15)7-10(9)14)20(17,18)16-4-3-8-2-1-5-19-8/h1-2,5-7,16H,3-4,15H2. The molecule has 108 valence electrons. The maximum absolute atomic E-state index is 13.2. The summed E-state index contributed by atoms with van der Waals surface area (Å²) in [6.07, 6.45) is 1.92. The quantitative estimate of drug-likeness (QED) is 0.799. The Morgan fingerprint density at radius 3 is 2.80 bits per heavy atom. The first-order valence-corrected chi connectivity index (χ1v) is 7.94. The Hall–Kier alpha value is -1.38. The molecule has 0 saturated carbocycles. The zero-order chi connectivity index (χ0) is 14.8. The topological polar surface area (TPSA) is 85.3 Å². The minimum absolute atomic E-state index is 0.0399. The first kappa shape index (κ1) is 15.0. The van der Waals surface area contributed by atoms with Crippen LogP contribution in [-0.4, -0.2) is 15.0 Å². The summed E-state index contributed by atoms with van der Waals surface area (Å²) in [6, 6.07) is 5.57. The normalized spacial score (nSPS) is 11.7. The third-order valence-corrected chi connectivity index (χ3v) is 4.71. The molecule has 0 fully saturated rings. The van der Waals surface area contributed by atoms with Crippen molar-refractivity contribution in [1.29, 1.82) is 0 Å². The molecule has 8 heteroatoms. The molecule has 0 bridgehead atoms. The molecular formula is C12H12BrFN2O3S. The van der Waals surface area contributed by atoms with Crippen molar-refractivity contribution in [1.82, 2.24) is 4.72 Å². The van der Waals surface area contributed by atoms with Gasteiger partial charge in [0, 0.05) is 13.0 Å². The fourth-order valence-corrected chi connectivity index (χ4v) is 3.28. The molecule has 2 aromatic rings. The lowest BCUT2D eigenvalue weighted by Gasteiger charge is -2.09. The van der Waals surface area contributed by atoms with E-state index in [0.717, 1.165) is 12.1 Å². The molecule has 3 N–H and O–H groups in total. The zero-order valence-corrected chi connectivity index (χ0v) is 12.7. The average molecular weight is 363 g/mol. The highest BCUT2D eigenvalue weighted by Crippen LogP contribution is 2.25. The van der Waals surface area contributed by atoms with E-state index in [1.165, 1.54) is 6.26 Å². The van der Waals surface area contributed by atoms with Crippen LogP contribution in [0.1, 0.15) is 5.76 Å². The lowest BCUT2D eigenvalue weighted by molar-refractivity contribution is 0.506. The lowest BCUT2D eigenvalue weighted by Crippen LogP contribution is -2.26. The minimum Gasteiger partial charge on any atom is -0.469 e. The first-order valence-electron chi connectivity index (χ1n) is 5.67. The fraction of sp³-hybridized carbons (Fsp3) is 0.167. The van der Waals surface area contributed by atoms with Crippen molar-refractivity contribution in [3.8, 4) is 0 Å². The maximum atomic E-state index is 13.2. The molecule has 0 spiro atoms. The number of rotatable bonds is 5. The largest absolute Gasteiger partial charge is 0.469 e. The van der Waals surface area contributed by atoms with Gasteiger partial charge in [-0.05, 0) is 40.2 Å². The maximum Gasteiger partial charge on any atom is 0.242 e. The van der Waals surface area contributed by atoms with E-state index in [9.17, 15) is 12.8 Å². The van der Waals surface area contributed by atoms with Gasteiger partial charge >= 0.3 is 0 Å². The third kappa shape index (κ3) is 3.38. The number of hydrogen-bond donors (Lipinski definition) is 2. The number of sulfonamides is 1. The van der Waals surface area contributed by atoms with E-state index >= 15 is 0 Å². The van der Waals surface area contributed by atoms with Gasteiger partial charge in [0.2, 0.25) is 10.0 Å². The number of halogens is 2. The van der Waals surface area contributed by atoms with Gasteiger partial charge in [0.1, 0.15) is 16.5 Å². The van der Waals surface area contributed by atoms with E-state index in [1.807, 2.05) is 0 Å². The summed E-state index contributed by atoms with van der Waals surface area (Å²) >= 11 is 2.93. The summed E-state index contributed by atoms with van der Waals surface area (Å²) in [5, 5.41) is 0. The number of nitrogen functional groups attached to an aromatic ring is 1. The van der Waals surface area contributed by atoms with E-state index in [-0.39, 0.29) is 21.6 Å². The van der Waals surface area contributed by atoms with Crippen LogP contribution in [0.2, 0.25) is 0 Å². The predicted octanol–water partition coefficient (Wildman–Crippen LogP) is 2.28. The molecule has 0 saturated heterocycles. The van der Waals surface area contributed by atoms with Gasteiger partial charge in [-0.25, -0.2) is 17.5 Å². The van der Waals surface area contributed by atoms with Gasteiger partial charge < -0.3 is 10.2 Å². The molecule has 1 aromatic heterocycles.